The van der Waals surface area contributed by atoms with Crippen molar-refractivity contribution in [2.24, 2.45) is 11.5 Å². The summed E-state index contributed by atoms with van der Waals surface area (Å²) in [5.41, 5.74) is 14.0. The quantitative estimate of drug-likeness (QED) is 0.160. The first-order valence-electron chi connectivity index (χ1n) is 16.0. The molecule has 0 aliphatic carbocycles. The van der Waals surface area contributed by atoms with Gasteiger partial charge in [0.05, 0.1) is 28.0 Å². The molecule has 3 aromatic rings. The Morgan fingerprint density at radius 2 is 1.50 bits per heavy atom. The summed E-state index contributed by atoms with van der Waals surface area (Å²) in [5, 5.41) is 23.6. The molecule has 5 atom stereocenters. The first kappa shape index (κ1) is 43.8. The lowest BCUT2D eigenvalue weighted by molar-refractivity contribution is -0.192. The number of nitrogens with one attached hydrogen (secondary N) is 2. The maximum Gasteiger partial charge on any atom is 0.490 e. The van der Waals surface area contributed by atoms with Crippen molar-refractivity contribution in [1.29, 1.82) is 0 Å². The van der Waals surface area contributed by atoms with Crippen molar-refractivity contribution in [3.05, 3.63) is 69.7 Å². The van der Waals surface area contributed by atoms with Crippen LogP contribution in [0.3, 0.4) is 0 Å². The Labute approximate surface area is 313 Å². The van der Waals surface area contributed by atoms with Gasteiger partial charge in [-0.1, -0.05) is 67.4 Å². The van der Waals surface area contributed by atoms with Crippen LogP contribution in [-0.2, 0) is 30.4 Å². The molecule has 2 aliphatic rings. The topological polar surface area (TPSA) is 205 Å². The second kappa shape index (κ2) is 17.7. The maximum atomic E-state index is 12.7. The molecule has 12 nitrogen and oxygen atoms in total. The first-order valence-corrected chi connectivity index (χ1v) is 16.8. The second-order valence-corrected chi connectivity index (χ2v) is 12.9. The molecule has 0 saturated heterocycles. The third-order valence-electron chi connectivity index (χ3n) is 8.41. The smallest absolute Gasteiger partial charge is 0.480 e. The Kier molecular flexibility index (Phi) is 14.3. The number of benzene rings is 3. The molecule has 3 aromatic carbocycles. The van der Waals surface area contributed by atoms with Gasteiger partial charge in [-0.05, 0) is 52.9 Å². The van der Waals surface area contributed by atoms with E-state index in [4.69, 9.17) is 44.6 Å². The van der Waals surface area contributed by atoms with Crippen molar-refractivity contribution in [2.45, 2.75) is 75.5 Å². The number of Topliss-reactive ketones (excluding diaryl/α,β-unsaturated/α-hetero) is 1. The van der Waals surface area contributed by atoms with Gasteiger partial charge in [-0.2, -0.15) is 26.3 Å². The molecule has 0 spiro atoms. The Balaban J connectivity index is 0.000000248. The SMILES string of the molecule is CC[C@H](N)C(=O)C1c2c(ccc3ccccc23)NC1C(=O)O.CC[C@H](N)C(=O)N1c2cc(Cl)c(Cl)cc2C[C@H]1C(=O)NCC(F)(F)F.O=C(O)C(F)(F)F. The molecule has 0 fully saturated rings. The molecule has 0 saturated carbocycles. The Bertz CT molecular complexity index is 1910. The fraction of sp³-hybridized carbons (Fsp3) is 0.382. The van der Waals surface area contributed by atoms with Crippen LogP contribution in [0.5, 0.6) is 0 Å². The summed E-state index contributed by atoms with van der Waals surface area (Å²) in [7, 11) is 0. The molecule has 2 unspecified atom stereocenters. The van der Waals surface area contributed by atoms with E-state index in [0.29, 0.717) is 29.8 Å². The van der Waals surface area contributed by atoms with Crippen LogP contribution >= 0.6 is 23.2 Å². The van der Waals surface area contributed by atoms with Gasteiger partial charge >= 0.3 is 24.3 Å². The van der Waals surface area contributed by atoms with E-state index in [1.807, 2.05) is 43.3 Å². The molecule has 54 heavy (non-hydrogen) atoms. The number of hydrogen-bond donors (Lipinski definition) is 6. The Hall–Kier alpha value is -4.65. The zero-order valence-corrected chi connectivity index (χ0v) is 29.9. The average Bonchev–Trinajstić information content (AvgIpc) is 3.68. The number of nitrogens with two attached hydrogens (primary N) is 2. The van der Waals surface area contributed by atoms with Crippen LogP contribution in [0.1, 0.15) is 43.7 Å². The van der Waals surface area contributed by atoms with Crippen LogP contribution < -0.4 is 27.0 Å². The predicted molar refractivity (Wildman–Crippen MR) is 187 cm³/mol. The molecular formula is C34H35Cl2F6N5O7. The molecular weight excluding hydrogens is 775 g/mol. The fourth-order valence-corrected chi connectivity index (χ4v) is 6.03. The van der Waals surface area contributed by atoms with Crippen LogP contribution in [-0.4, -0.2) is 82.8 Å². The van der Waals surface area contributed by atoms with Gasteiger partial charge in [-0.25, -0.2) is 9.59 Å². The van der Waals surface area contributed by atoms with Crippen molar-refractivity contribution in [2.75, 3.05) is 16.8 Å². The Morgan fingerprint density at radius 1 is 0.926 bits per heavy atom. The summed E-state index contributed by atoms with van der Waals surface area (Å²) in [6.07, 6.45) is -8.81. The van der Waals surface area contributed by atoms with E-state index in [9.17, 15) is 50.6 Å². The summed E-state index contributed by atoms with van der Waals surface area (Å²) in [6, 6.07) is 10.7. The van der Waals surface area contributed by atoms with E-state index >= 15 is 0 Å². The van der Waals surface area contributed by atoms with Gasteiger partial charge in [0, 0.05) is 17.8 Å². The second-order valence-electron chi connectivity index (χ2n) is 12.1. The van der Waals surface area contributed by atoms with Crippen molar-refractivity contribution in [1.82, 2.24) is 5.32 Å². The number of fused-ring (bicyclic) bond motifs is 4. The number of amides is 2. The third kappa shape index (κ3) is 10.3. The molecule has 2 amide bonds. The number of carboxylic acids is 2. The van der Waals surface area contributed by atoms with Crippen molar-refractivity contribution in [3.63, 3.8) is 0 Å². The van der Waals surface area contributed by atoms with E-state index in [-0.39, 0.29) is 22.2 Å². The monoisotopic (exact) mass is 809 g/mol. The first-order chi connectivity index (χ1) is 25.0. The predicted octanol–water partition coefficient (Wildman–Crippen LogP) is 5.41. The zero-order valence-electron chi connectivity index (χ0n) is 28.4. The highest BCUT2D eigenvalue weighted by Gasteiger charge is 2.44. The van der Waals surface area contributed by atoms with Crippen LogP contribution in [0.2, 0.25) is 10.0 Å². The minimum atomic E-state index is -5.08. The molecule has 2 aliphatic heterocycles. The normalized spacial score (nSPS) is 18.4. The molecule has 5 rings (SSSR count). The number of rotatable bonds is 8. The summed E-state index contributed by atoms with van der Waals surface area (Å²) in [6.45, 7) is 2.03. The maximum absolute atomic E-state index is 12.7. The number of alkyl halides is 6. The molecule has 8 N–H and O–H groups in total. The van der Waals surface area contributed by atoms with Gasteiger partial charge in [0.25, 0.3) is 0 Å². The Morgan fingerprint density at radius 3 is 2.04 bits per heavy atom. The number of anilines is 2. The number of carbonyl (C=O) groups excluding carboxylic acids is 3. The van der Waals surface area contributed by atoms with Gasteiger partial charge < -0.3 is 32.3 Å². The summed E-state index contributed by atoms with van der Waals surface area (Å²) < 4.78 is 68.8. The van der Waals surface area contributed by atoms with Crippen molar-refractivity contribution < 1.29 is 60.5 Å². The van der Waals surface area contributed by atoms with Crippen molar-refractivity contribution in [3.8, 4) is 0 Å². The standard InChI is InChI=1S/C17H18N2O3.C15H16Cl2F3N3O2.C2HF3O2/c1-2-11(18)16(20)14-13-10-6-4-3-5-9(10)7-8-12(13)19-15(14)17(21)22;1-2-10(21)14(25)23-11-5-9(17)8(16)3-7(11)4-12(23)13(24)22-6-15(18,19)20;3-2(4,5)1(6)7/h3-8,11,14-15,19H,2,18H2,1H3,(H,21,22);3,5,10,12H,2,4,6,21H2,1H3,(H,22,24);(H,6,7)/t11-,14?,15?;10-,12-;/m00./s1. The molecule has 20 heteroatoms. The fourth-order valence-electron chi connectivity index (χ4n) is 5.69. The van der Waals surface area contributed by atoms with Crippen LogP contribution in [0.25, 0.3) is 10.8 Å². The number of ketones is 1. The third-order valence-corrected chi connectivity index (χ3v) is 9.13. The number of nitrogens with zero attached hydrogens (tertiary/aromatic N) is 1. The zero-order chi connectivity index (χ0) is 40.9. The van der Waals surface area contributed by atoms with E-state index in [2.05, 4.69) is 5.32 Å². The molecule has 294 valence electrons. The largest absolute Gasteiger partial charge is 0.490 e. The van der Waals surface area contributed by atoms with Gasteiger partial charge in [-0.3, -0.25) is 19.3 Å². The van der Waals surface area contributed by atoms with E-state index in [0.717, 1.165) is 21.2 Å². The van der Waals surface area contributed by atoms with Gasteiger partial charge in [-0.15, -0.1) is 0 Å². The lowest BCUT2D eigenvalue weighted by Crippen LogP contribution is -2.53. The number of carbonyl (C=O) groups is 5. The molecule has 0 bridgehead atoms. The highest BCUT2D eigenvalue weighted by molar-refractivity contribution is 6.42. The highest BCUT2D eigenvalue weighted by atomic mass is 35.5. The highest BCUT2D eigenvalue weighted by Crippen LogP contribution is 2.42. The average molecular weight is 811 g/mol. The number of hydrogen-bond acceptors (Lipinski definition) is 8. The molecule has 0 aromatic heterocycles. The minimum Gasteiger partial charge on any atom is -0.480 e. The van der Waals surface area contributed by atoms with E-state index < -0.39 is 72.7 Å². The lowest BCUT2D eigenvalue weighted by atomic mass is 9.84. The summed E-state index contributed by atoms with van der Waals surface area (Å²) in [4.78, 5) is 59.1. The van der Waals surface area contributed by atoms with E-state index in [1.54, 1.807) is 12.2 Å². The number of aliphatic carboxylic acids is 2. The summed E-state index contributed by atoms with van der Waals surface area (Å²) in [5.74, 6) is -6.26. The van der Waals surface area contributed by atoms with Gasteiger partial charge in [0.1, 0.15) is 18.6 Å². The van der Waals surface area contributed by atoms with Crippen LogP contribution in [0.15, 0.2) is 48.5 Å². The lowest BCUT2D eigenvalue weighted by Gasteiger charge is -2.27. The number of halogens is 8. The molecule has 0 radical (unpaired) electrons. The molecule has 2 heterocycles. The van der Waals surface area contributed by atoms with Crippen LogP contribution in [0, 0.1) is 0 Å². The van der Waals surface area contributed by atoms with Crippen molar-refractivity contribution >= 4 is 74.9 Å². The van der Waals surface area contributed by atoms with Crippen LogP contribution in [0.4, 0.5) is 37.7 Å². The minimum absolute atomic E-state index is 0.0259. The number of carboxylic acid groups (broad SMARTS) is 2. The van der Waals surface area contributed by atoms with E-state index in [1.165, 1.54) is 12.1 Å². The van der Waals surface area contributed by atoms with Gasteiger partial charge in [0.15, 0.2) is 5.78 Å². The summed E-state index contributed by atoms with van der Waals surface area (Å²) >= 11 is 11.9. The van der Waals surface area contributed by atoms with Gasteiger partial charge in [0.2, 0.25) is 11.8 Å².